The van der Waals surface area contributed by atoms with Crippen molar-refractivity contribution in [2.45, 2.75) is 26.4 Å². The Balaban J connectivity index is 1.76. The number of hydrogen-bond acceptors (Lipinski definition) is 5. The lowest BCUT2D eigenvalue weighted by atomic mass is 10.1. The van der Waals surface area contributed by atoms with Gasteiger partial charge in [0.15, 0.2) is 5.13 Å². The summed E-state index contributed by atoms with van der Waals surface area (Å²) >= 11 is 7.30. The summed E-state index contributed by atoms with van der Waals surface area (Å²) in [6, 6.07) is 9.30. The molecule has 2 aromatic heterocycles. The van der Waals surface area contributed by atoms with Gasteiger partial charge in [-0.1, -0.05) is 23.7 Å². The average Bonchev–Trinajstić information content (AvgIpc) is 3.21. The van der Waals surface area contributed by atoms with Crippen molar-refractivity contribution in [2.75, 3.05) is 12.8 Å². The number of aromatic nitrogens is 3. The first-order valence-corrected chi connectivity index (χ1v) is 9.43. The molecule has 1 amide bonds. The third kappa shape index (κ3) is 4.05. The highest BCUT2D eigenvalue weighted by Gasteiger charge is 2.18. The highest BCUT2D eigenvalue weighted by Crippen LogP contribution is 2.31. The monoisotopic (exact) mass is 389 g/mol. The van der Waals surface area contributed by atoms with Gasteiger partial charge in [0.2, 0.25) is 5.91 Å². The number of likely N-dealkylation sites (N-methyl/N-ethyl adjacent to an activating group) is 1. The van der Waals surface area contributed by atoms with Crippen molar-refractivity contribution in [2.24, 2.45) is 0 Å². The molecule has 1 aromatic carbocycles. The number of carbonyl (C=O) groups excluding carboxylic acids is 1. The Labute approximate surface area is 161 Å². The predicted molar refractivity (Wildman–Crippen MR) is 105 cm³/mol. The number of benzene rings is 1. The van der Waals surface area contributed by atoms with Crippen molar-refractivity contribution < 1.29 is 4.79 Å². The number of hydrogen-bond donors (Lipinski definition) is 1. The molecule has 0 atom stereocenters. The molecule has 0 aliphatic carbocycles. The summed E-state index contributed by atoms with van der Waals surface area (Å²) < 4.78 is 1.88. The lowest BCUT2D eigenvalue weighted by molar-refractivity contribution is -0.129. The Morgan fingerprint density at radius 1 is 1.31 bits per heavy atom. The van der Waals surface area contributed by atoms with Gasteiger partial charge in [-0.2, -0.15) is 5.10 Å². The zero-order chi connectivity index (χ0) is 18.7. The van der Waals surface area contributed by atoms with Crippen LogP contribution in [0.1, 0.15) is 17.5 Å². The van der Waals surface area contributed by atoms with Crippen LogP contribution >= 0.6 is 22.9 Å². The molecule has 0 saturated heterocycles. The zero-order valence-electron chi connectivity index (χ0n) is 14.6. The van der Waals surface area contributed by atoms with E-state index in [9.17, 15) is 4.79 Å². The number of carbonyl (C=O) groups is 1. The first-order chi connectivity index (χ1) is 12.5. The van der Waals surface area contributed by atoms with E-state index < -0.39 is 0 Å². The molecule has 136 valence electrons. The Bertz CT molecular complexity index is 903. The van der Waals surface area contributed by atoms with Gasteiger partial charge in [-0.3, -0.25) is 9.48 Å². The summed E-state index contributed by atoms with van der Waals surface area (Å²) in [5, 5.41) is 5.34. The Morgan fingerprint density at radius 2 is 2.04 bits per heavy atom. The Kier molecular flexibility index (Phi) is 5.58. The largest absolute Gasteiger partial charge is 0.375 e. The maximum atomic E-state index is 12.7. The number of nitrogens with two attached hydrogens (primary N) is 1. The minimum Gasteiger partial charge on any atom is -0.375 e. The van der Waals surface area contributed by atoms with Gasteiger partial charge in [-0.25, -0.2) is 4.98 Å². The topological polar surface area (TPSA) is 77.0 Å². The molecule has 0 aliphatic heterocycles. The van der Waals surface area contributed by atoms with Gasteiger partial charge < -0.3 is 10.6 Å². The van der Waals surface area contributed by atoms with Crippen molar-refractivity contribution in [1.82, 2.24) is 19.7 Å². The van der Waals surface area contributed by atoms with Gasteiger partial charge in [-0.15, -0.1) is 11.3 Å². The van der Waals surface area contributed by atoms with Crippen molar-refractivity contribution in [3.8, 4) is 11.3 Å². The fourth-order valence-corrected chi connectivity index (χ4v) is 3.68. The third-order valence-electron chi connectivity index (χ3n) is 4.07. The fraction of sp³-hybridized carbons (Fsp3) is 0.278. The van der Waals surface area contributed by atoms with Gasteiger partial charge in [0.25, 0.3) is 0 Å². The standard InChI is InChI=1S/C18H20ClN5OS/c1-3-24-14(8-9-21-24)11-23(2)16(25)10-15-17(22-18(20)26-15)12-4-6-13(19)7-5-12/h4-9H,3,10-11H2,1-2H3,(H2,20,22). The molecule has 8 heteroatoms. The summed E-state index contributed by atoms with van der Waals surface area (Å²) in [5.74, 6) is 0.00714. The minimum atomic E-state index is 0.00714. The second-order valence-electron chi connectivity index (χ2n) is 5.90. The highest BCUT2D eigenvalue weighted by atomic mass is 35.5. The number of amides is 1. The van der Waals surface area contributed by atoms with Crippen LogP contribution in [-0.4, -0.2) is 32.6 Å². The normalized spacial score (nSPS) is 10.9. The van der Waals surface area contributed by atoms with Crippen LogP contribution < -0.4 is 5.73 Å². The van der Waals surface area contributed by atoms with E-state index in [4.69, 9.17) is 17.3 Å². The van der Waals surface area contributed by atoms with E-state index >= 15 is 0 Å². The number of halogens is 1. The minimum absolute atomic E-state index is 0.00714. The number of aryl methyl sites for hydroxylation is 1. The van der Waals surface area contributed by atoms with E-state index in [-0.39, 0.29) is 12.3 Å². The van der Waals surface area contributed by atoms with Gasteiger partial charge in [0.1, 0.15) is 0 Å². The molecular weight excluding hydrogens is 370 g/mol. The SMILES string of the molecule is CCn1nccc1CN(C)C(=O)Cc1sc(N)nc1-c1ccc(Cl)cc1. The number of nitrogen functional groups attached to an aromatic ring is 1. The molecular formula is C18H20ClN5OS. The molecule has 0 fully saturated rings. The van der Waals surface area contributed by atoms with Crippen molar-refractivity contribution in [1.29, 1.82) is 0 Å². The first-order valence-electron chi connectivity index (χ1n) is 8.23. The van der Waals surface area contributed by atoms with Crippen LogP contribution in [0.15, 0.2) is 36.5 Å². The van der Waals surface area contributed by atoms with Crippen LogP contribution in [0.4, 0.5) is 5.13 Å². The van der Waals surface area contributed by atoms with Crippen LogP contribution in [0.5, 0.6) is 0 Å². The third-order valence-corrected chi connectivity index (χ3v) is 5.21. The quantitative estimate of drug-likeness (QED) is 0.700. The fourth-order valence-electron chi connectivity index (χ4n) is 2.71. The number of anilines is 1. The van der Waals surface area contributed by atoms with Crippen molar-refractivity contribution >= 4 is 34.0 Å². The maximum Gasteiger partial charge on any atom is 0.228 e. The second kappa shape index (κ2) is 7.88. The smallest absolute Gasteiger partial charge is 0.228 e. The summed E-state index contributed by atoms with van der Waals surface area (Å²) in [6.45, 7) is 3.31. The second-order valence-corrected chi connectivity index (χ2v) is 7.45. The molecule has 3 aromatic rings. The van der Waals surface area contributed by atoms with Gasteiger partial charge >= 0.3 is 0 Å². The van der Waals surface area contributed by atoms with Gasteiger partial charge in [0.05, 0.1) is 24.4 Å². The Hall–Kier alpha value is -2.38. The summed E-state index contributed by atoms with van der Waals surface area (Å²) in [4.78, 5) is 19.6. The molecule has 0 radical (unpaired) electrons. The molecule has 0 spiro atoms. The molecule has 0 aliphatic rings. The van der Waals surface area contributed by atoms with E-state index in [1.807, 2.05) is 29.8 Å². The van der Waals surface area contributed by atoms with E-state index in [2.05, 4.69) is 10.1 Å². The Morgan fingerprint density at radius 3 is 2.73 bits per heavy atom. The van der Waals surface area contributed by atoms with Crippen LogP contribution in [0.25, 0.3) is 11.3 Å². The molecule has 0 unspecified atom stereocenters. The number of rotatable bonds is 6. The van der Waals surface area contributed by atoms with Crippen molar-refractivity contribution in [3.63, 3.8) is 0 Å². The van der Waals surface area contributed by atoms with E-state index in [0.717, 1.165) is 28.4 Å². The molecule has 3 rings (SSSR count). The van der Waals surface area contributed by atoms with Gasteiger partial charge in [-0.05, 0) is 25.1 Å². The van der Waals surface area contributed by atoms with Gasteiger partial charge in [0, 0.05) is 35.3 Å². The van der Waals surface area contributed by atoms with Crippen molar-refractivity contribution in [3.05, 3.63) is 52.1 Å². The van der Waals surface area contributed by atoms with E-state index in [0.29, 0.717) is 16.7 Å². The molecule has 26 heavy (non-hydrogen) atoms. The first kappa shape index (κ1) is 18.4. The van der Waals surface area contributed by atoms with E-state index in [1.54, 1.807) is 30.3 Å². The molecule has 0 saturated carbocycles. The summed E-state index contributed by atoms with van der Waals surface area (Å²) in [5.41, 5.74) is 8.54. The summed E-state index contributed by atoms with van der Waals surface area (Å²) in [7, 11) is 1.79. The molecule has 6 nitrogen and oxygen atoms in total. The average molecular weight is 390 g/mol. The lowest BCUT2D eigenvalue weighted by Crippen LogP contribution is -2.28. The number of nitrogens with zero attached hydrogens (tertiary/aromatic N) is 4. The molecule has 2 N–H and O–H groups in total. The molecule has 2 heterocycles. The maximum absolute atomic E-state index is 12.7. The molecule has 0 bridgehead atoms. The summed E-state index contributed by atoms with van der Waals surface area (Å²) in [6.07, 6.45) is 2.00. The highest BCUT2D eigenvalue weighted by molar-refractivity contribution is 7.15. The van der Waals surface area contributed by atoms with Crippen LogP contribution in [0.3, 0.4) is 0 Å². The number of thiazole rings is 1. The van der Waals surface area contributed by atoms with Crippen LogP contribution in [0, 0.1) is 0 Å². The predicted octanol–water partition coefficient (Wildman–Crippen LogP) is 3.46. The zero-order valence-corrected chi connectivity index (χ0v) is 16.2. The lowest BCUT2D eigenvalue weighted by Gasteiger charge is -2.17. The van der Waals surface area contributed by atoms with Crippen LogP contribution in [-0.2, 0) is 24.3 Å². The van der Waals surface area contributed by atoms with E-state index in [1.165, 1.54) is 11.3 Å². The van der Waals surface area contributed by atoms with Crippen LogP contribution in [0.2, 0.25) is 5.02 Å².